The van der Waals surface area contributed by atoms with E-state index in [4.69, 9.17) is 5.26 Å². The van der Waals surface area contributed by atoms with Gasteiger partial charge in [-0.1, -0.05) is 20.8 Å². The molecule has 0 saturated heterocycles. The van der Waals surface area contributed by atoms with Gasteiger partial charge in [0.25, 0.3) is 12.3 Å². The summed E-state index contributed by atoms with van der Waals surface area (Å²) in [6.07, 6.45) is 2.24. The second kappa shape index (κ2) is 10.6. The van der Waals surface area contributed by atoms with E-state index in [1.54, 1.807) is 4.90 Å². The standard InChI is InChI=1S/C22H30F3N3O/c1-4-10-28(22(29)18-6-9-27-20(19(18)23)21(24)25)11-7-14(2)15(3)17-12-16(13-17)5-8-26/h6,9,14-17,21H,4-5,7,10-13H2,1-3H3. The predicted octanol–water partition coefficient (Wildman–Crippen LogP) is 5.61. The zero-order valence-corrected chi connectivity index (χ0v) is 17.4. The van der Waals surface area contributed by atoms with Gasteiger partial charge in [0.1, 0.15) is 5.69 Å². The molecule has 2 atom stereocenters. The molecule has 1 aromatic rings. The molecular weight excluding hydrogens is 379 g/mol. The highest BCUT2D eigenvalue weighted by molar-refractivity contribution is 5.94. The smallest absolute Gasteiger partial charge is 0.283 e. The molecule has 29 heavy (non-hydrogen) atoms. The van der Waals surface area contributed by atoms with Crippen molar-refractivity contribution in [2.24, 2.45) is 23.7 Å². The molecule has 0 radical (unpaired) electrons. The van der Waals surface area contributed by atoms with Crippen molar-refractivity contribution in [2.75, 3.05) is 13.1 Å². The van der Waals surface area contributed by atoms with Crippen LogP contribution in [-0.4, -0.2) is 28.9 Å². The molecule has 1 fully saturated rings. The molecule has 2 unspecified atom stereocenters. The topological polar surface area (TPSA) is 57.0 Å². The molecule has 7 heteroatoms. The summed E-state index contributed by atoms with van der Waals surface area (Å²) in [5.41, 5.74) is -1.33. The number of carbonyl (C=O) groups excluding carboxylic acids is 1. The number of pyridine rings is 1. The molecule has 1 aromatic heterocycles. The lowest BCUT2D eigenvalue weighted by Crippen LogP contribution is -2.36. The number of halogens is 3. The monoisotopic (exact) mass is 409 g/mol. The van der Waals surface area contributed by atoms with Crippen LogP contribution in [0.1, 0.15) is 75.4 Å². The van der Waals surface area contributed by atoms with Gasteiger partial charge in [0.2, 0.25) is 0 Å². The van der Waals surface area contributed by atoms with Crippen molar-refractivity contribution in [1.29, 1.82) is 5.26 Å². The number of aromatic nitrogens is 1. The first-order chi connectivity index (χ1) is 13.8. The van der Waals surface area contributed by atoms with Gasteiger partial charge in [-0.3, -0.25) is 9.78 Å². The van der Waals surface area contributed by atoms with Crippen LogP contribution in [-0.2, 0) is 0 Å². The highest BCUT2D eigenvalue weighted by Crippen LogP contribution is 2.43. The first-order valence-electron chi connectivity index (χ1n) is 10.4. The number of nitriles is 1. The molecule has 1 heterocycles. The minimum absolute atomic E-state index is 0.345. The van der Waals surface area contributed by atoms with Crippen LogP contribution in [0, 0.1) is 40.8 Å². The average Bonchev–Trinajstić information content (AvgIpc) is 2.66. The number of rotatable bonds is 10. The fourth-order valence-corrected chi connectivity index (χ4v) is 4.13. The number of alkyl halides is 2. The van der Waals surface area contributed by atoms with Gasteiger partial charge in [0.05, 0.1) is 11.6 Å². The Bertz CT molecular complexity index is 729. The number of hydrogen-bond acceptors (Lipinski definition) is 3. The lowest BCUT2D eigenvalue weighted by Gasteiger charge is -2.41. The van der Waals surface area contributed by atoms with Crippen molar-refractivity contribution in [3.05, 3.63) is 29.3 Å². The number of carbonyl (C=O) groups is 1. The second-order valence-corrected chi connectivity index (χ2v) is 8.24. The number of nitrogens with zero attached hydrogens (tertiary/aromatic N) is 3. The maximum absolute atomic E-state index is 14.3. The highest BCUT2D eigenvalue weighted by Gasteiger charge is 2.35. The van der Waals surface area contributed by atoms with E-state index in [1.165, 1.54) is 6.07 Å². The lowest BCUT2D eigenvalue weighted by molar-refractivity contribution is 0.0698. The van der Waals surface area contributed by atoms with E-state index in [-0.39, 0.29) is 5.56 Å². The highest BCUT2D eigenvalue weighted by atomic mass is 19.3. The van der Waals surface area contributed by atoms with Gasteiger partial charge in [0, 0.05) is 25.7 Å². The van der Waals surface area contributed by atoms with Gasteiger partial charge in [-0.25, -0.2) is 13.2 Å². The predicted molar refractivity (Wildman–Crippen MR) is 105 cm³/mol. The van der Waals surface area contributed by atoms with Crippen molar-refractivity contribution >= 4 is 5.91 Å². The molecule has 0 N–H and O–H groups in total. The van der Waals surface area contributed by atoms with Crippen molar-refractivity contribution < 1.29 is 18.0 Å². The Kier molecular flexibility index (Phi) is 8.48. The Morgan fingerprint density at radius 3 is 2.62 bits per heavy atom. The Morgan fingerprint density at radius 1 is 1.34 bits per heavy atom. The van der Waals surface area contributed by atoms with Crippen LogP contribution in [0.25, 0.3) is 0 Å². The molecule has 0 bridgehead atoms. The molecule has 1 saturated carbocycles. The SMILES string of the molecule is CCCN(CCC(C)C(C)C1CC(CC#N)C1)C(=O)c1ccnc(C(F)F)c1F. The van der Waals surface area contributed by atoms with Gasteiger partial charge >= 0.3 is 0 Å². The molecule has 0 aromatic carbocycles. The zero-order valence-electron chi connectivity index (χ0n) is 17.4. The maximum Gasteiger partial charge on any atom is 0.283 e. The van der Waals surface area contributed by atoms with Crippen LogP contribution in [0.4, 0.5) is 13.2 Å². The number of hydrogen-bond donors (Lipinski definition) is 0. The molecule has 0 aliphatic heterocycles. The Morgan fingerprint density at radius 2 is 2.03 bits per heavy atom. The summed E-state index contributed by atoms with van der Waals surface area (Å²) in [6.45, 7) is 7.18. The van der Waals surface area contributed by atoms with Crippen LogP contribution in [0.3, 0.4) is 0 Å². The van der Waals surface area contributed by atoms with E-state index in [1.807, 2.05) is 6.92 Å². The Labute approximate surface area is 171 Å². The molecule has 4 nitrogen and oxygen atoms in total. The first-order valence-corrected chi connectivity index (χ1v) is 10.4. The van der Waals surface area contributed by atoms with E-state index >= 15 is 0 Å². The van der Waals surface area contributed by atoms with Crippen LogP contribution in [0.5, 0.6) is 0 Å². The summed E-state index contributed by atoms with van der Waals surface area (Å²) in [5, 5.41) is 8.78. The average molecular weight is 409 g/mol. The van der Waals surface area contributed by atoms with Gasteiger partial charge in [-0.2, -0.15) is 5.26 Å². The molecular formula is C22H30F3N3O. The van der Waals surface area contributed by atoms with E-state index in [0.29, 0.717) is 49.6 Å². The lowest BCUT2D eigenvalue weighted by atomic mass is 9.65. The minimum atomic E-state index is -3.06. The molecule has 0 spiro atoms. The summed E-state index contributed by atoms with van der Waals surface area (Å²) < 4.78 is 40.2. The summed E-state index contributed by atoms with van der Waals surface area (Å²) in [7, 11) is 0. The van der Waals surface area contributed by atoms with Crippen LogP contribution < -0.4 is 0 Å². The summed E-state index contributed by atoms with van der Waals surface area (Å²) in [6, 6.07) is 3.40. The van der Waals surface area contributed by atoms with Gasteiger partial charge in [0.15, 0.2) is 5.82 Å². The van der Waals surface area contributed by atoms with Crippen molar-refractivity contribution in [1.82, 2.24) is 9.88 Å². The van der Waals surface area contributed by atoms with E-state index < -0.39 is 23.8 Å². The Balaban J connectivity index is 1.99. The van der Waals surface area contributed by atoms with Gasteiger partial charge < -0.3 is 4.90 Å². The molecule has 160 valence electrons. The summed E-state index contributed by atoms with van der Waals surface area (Å²) in [4.78, 5) is 17.7. The van der Waals surface area contributed by atoms with Crippen LogP contribution in [0.15, 0.2) is 12.3 Å². The third-order valence-electron chi connectivity index (χ3n) is 6.28. The van der Waals surface area contributed by atoms with E-state index in [2.05, 4.69) is 24.9 Å². The quantitative estimate of drug-likeness (QED) is 0.504. The minimum Gasteiger partial charge on any atom is -0.339 e. The zero-order chi connectivity index (χ0) is 21.6. The summed E-state index contributed by atoms with van der Waals surface area (Å²) >= 11 is 0. The summed E-state index contributed by atoms with van der Waals surface area (Å²) in [5.74, 6) is 0.168. The first kappa shape index (κ1) is 23.2. The molecule has 1 aliphatic rings. The van der Waals surface area contributed by atoms with E-state index in [0.717, 1.165) is 25.5 Å². The van der Waals surface area contributed by atoms with Crippen molar-refractivity contribution in [2.45, 2.75) is 59.3 Å². The van der Waals surface area contributed by atoms with Gasteiger partial charge in [-0.05, 0) is 55.4 Å². The van der Waals surface area contributed by atoms with E-state index in [9.17, 15) is 18.0 Å². The number of amides is 1. The Hall–Kier alpha value is -2.10. The maximum atomic E-state index is 14.3. The van der Waals surface area contributed by atoms with Crippen molar-refractivity contribution in [3.8, 4) is 6.07 Å². The molecule has 1 aliphatic carbocycles. The van der Waals surface area contributed by atoms with Crippen LogP contribution >= 0.6 is 0 Å². The molecule has 2 rings (SSSR count). The normalized spacial score (nSPS) is 20.6. The van der Waals surface area contributed by atoms with Crippen molar-refractivity contribution in [3.63, 3.8) is 0 Å². The van der Waals surface area contributed by atoms with Gasteiger partial charge in [-0.15, -0.1) is 0 Å². The largest absolute Gasteiger partial charge is 0.339 e. The third-order valence-corrected chi connectivity index (χ3v) is 6.28. The third kappa shape index (κ3) is 5.71. The fourth-order valence-electron chi connectivity index (χ4n) is 4.13. The fraction of sp³-hybridized carbons (Fsp3) is 0.682. The van der Waals surface area contributed by atoms with Crippen LogP contribution in [0.2, 0.25) is 0 Å². The second-order valence-electron chi connectivity index (χ2n) is 8.24. The molecule has 1 amide bonds.